The van der Waals surface area contributed by atoms with Gasteiger partial charge in [0.1, 0.15) is 6.07 Å². The van der Waals surface area contributed by atoms with Crippen LogP contribution in [0.2, 0.25) is 0 Å². The predicted octanol–water partition coefficient (Wildman–Crippen LogP) is 4.66. The number of rotatable bonds is 6. The summed E-state index contributed by atoms with van der Waals surface area (Å²) in [5, 5.41) is 9.29. The summed E-state index contributed by atoms with van der Waals surface area (Å²) in [6.45, 7) is 2.56. The van der Waals surface area contributed by atoms with Gasteiger partial charge in [0.2, 0.25) is 0 Å². The summed E-state index contributed by atoms with van der Waals surface area (Å²) in [6.07, 6.45) is 4.05. The fraction of sp³-hybridized carbons (Fsp3) is 0.348. The van der Waals surface area contributed by atoms with Crippen LogP contribution < -0.4 is 0 Å². The molecular formula is C23H24N2O3S. The maximum atomic E-state index is 12.7. The van der Waals surface area contributed by atoms with Crippen LogP contribution in [-0.4, -0.2) is 36.0 Å². The summed E-state index contributed by atoms with van der Waals surface area (Å²) >= 11 is 1.34. The van der Waals surface area contributed by atoms with E-state index in [1.54, 1.807) is 24.3 Å². The van der Waals surface area contributed by atoms with Crippen molar-refractivity contribution in [3.63, 3.8) is 0 Å². The SMILES string of the molecule is CC[C@@H]1CCCCN1C(=O)COC(=O)c1ccccc1Sc1ccccc1C#N. The number of hydrogen-bond acceptors (Lipinski definition) is 5. The lowest BCUT2D eigenvalue weighted by Crippen LogP contribution is -2.45. The Hall–Kier alpha value is -2.78. The van der Waals surface area contributed by atoms with Crippen LogP contribution in [0.15, 0.2) is 58.3 Å². The minimum absolute atomic E-state index is 0.134. The highest BCUT2D eigenvalue weighted by Gasteiger charge is 2.26. The number of nitrogens with zero attached hydrogens (tertiary/aromatic N) is 2. The van der Waals surface area contributed by atoms with Crippen molar-refractivity contribution >= 4 is 23.6 Å². The maximum Gasteiger partial charge on any atom is 0.339 e. The van der Waals surface area contributed by atoms with Gasteiger partial charge in [-0.2, -0.15) is 5.26 Å². The van der Waals surface area contributed by atoms with E-state index in [4.69, 9.17) is 4.74 Å². The van der Waals surface area contributed by atoms with Crippen LogP contribution in [0, 0.1) is 11.3 Å². The van der Waals surface area contributed by atoms with Gasteiger partial charge in [0, 0.05) is 22.4 Å². The molecule has 1 heterocycles. The van der Waals surface area contributed by atoms with Gasteiger partial charge in [0.05, 0.1) is 11.1 Å². The topological polar surface area (TPSA) is 70.4 Å². The Labute approximate surface area is 175 Å². The number of piperidine rings is 1. The summed E-state index contributed by atoms with van der Waals surface area (Å²) in [5.41, 5.74) is 0.940. The molecule has 29 heavy (non-hydrogen) atoms. The van der Waals surface area contributed by atoms with Crippen molar-refractivity contribution in [3.8, 4) is 6.07 Å². The summed E-state index contributed by atoms with van der Waals surface area (Å²) in [5.74, 6) is -0.661. The highest BCUT2D eigenvalue weighted by Crippen LogP contribution is 2.33. The average Bonchev–Trinajstić information content (AvgIpc) is 2.78. The van der Waals surface area contributed by atoms with Crippen LogP contribution >= 0.6 is 11.8 Å². The maximum absolute atomic E-state index is 12.7. The number of amides is 1. The Morgan fingerprint density at radius 2 is 1.86 bits per heavy atom. The number of benzene rings is 2. The van der Waals surface area contributed by atoms with Crippen LogP contribution in [0.3, 0.4) is 0 Å². The van der Waals surface area contributed by atoms with Gasteiger partial charge < -0.3 is 9.64 Å². The molecule has 0 N–H and O–H groups in total. The molecule has 1 amide bonds. The van der Waals surface area contributed by atoms with Gasteiger partial charge in [-0.25, -0.2) is 4.79 Å². The molecule has 0 bridgehead atoms. The Morgan fingerprint density at radius 3 is 2.62 bits per heavy atom. The van der Waals surface area contributed by atoms with E-state index in [2.05, 4.69) is 13.0 Å². The van der Waals surface area contributed by atoms with Crippen molar-refractivity contribution in [2.75, 3.05) is 13.2 Å². The number of nitriles is 1. The fourth-order valence-corrected chi connectivity index (χ4v) is 4.55. The lowest BCUT2D eigenvalue weighted by atomic mass is 10.00. The third-order valence-corrected chi connectivity index (χ3v) is 6.23. The van der Waals surface area contributed by atoms with Gasteiger partial charge >= 0.3 is 5.97 Å². The first-order valence-electron chi connectivity index (χ1n) is 9.86. The molecule has 0 radical (unpaired) electrons. The van der Waals surface area contributed by atoms with Gasteiger partial charge in [-0.3, -0.25) is 4.79 Å². The highest BCUT2D eigenvalue weighted by molar-refractivity contribution is 7.99. The quantitative estimate of drug-likeness (QED) is 0.650. The number of carbonyl (C=O) groups is 2. The molecule has 1 aliphatic rings. The molecule has 2 aromatic carbocycles. The van der Waals surface area contributed by atoms with Gasteiger partial charge in [0.15, 0.2) is 6.61 Å². The van der Waals surface area contributed by atoms with E-state index in [1.165, 1.54) is 11.8 Å². The molecule has 0 aliphatic carbocycles. The van der Waals surface area contributed by atoms with Crippen LogP contribution in [0.1, 0.15) is 48.5 Å². The van der Waals surface area contributed by atoms with Crippen LogP contribution in [-0.2, 0) is 9.53 Å². The van der Waals surface area contributed by atoms with Gasteiger partial charge in [-0.1, -0.05) is 43.0 Å². The summed E-state index contributed by atoms with van der Waals surface area (Å²) in [6, 6.07) is 16.7. The Morgan fingerprint density at radius 1 is 1.14 bits per heavy atom. The number of hydrogen-bond donors (Lipinski definition) is 0. The van der Waals surface area contributed by atoms with E-state index < -0.39 is 5.97 Å². The standard InChI is InChI=1S/C23H24N2O3S/c1-2-18-10-7-8-14-25(18)22(26)16-28-23(27)19-11-4-6-13-21(19)29-20-12-5-3-9-17(20)15-24/h3-6,9,11-13,18H,2,7-8,10,14,16H2,1H3/t18-/m1/s1. The second kappa shape index (κ2) is 10.1. The van der Waals surface area contributed by atoms with Crippen molar-refractivity contribution in [1.29, 1.82) is 5.26 Å². The molecule has 1 fully saturated rings. The van der Waals surface area contributed by atoms with E-state index in [9.17, 15) is 14.9 Å². The van der Waals surface area contributed by atoms with Crippen LogP contribution in [0.25, 0.3) is 0 Å². The lowest BCUT2D eigenvalue weighted by molar-refractivity contribution is -0.138. The first kappa shape index (κ1) is 20.9. The van der Waals surface area contributed by atoms with E-state index in [0.717, 1.165) is 37.1 Å². The monoisotopic (exact) mass is 408 g/mol. The second-order valence-corrected chi connectivity index (χ2v) is 8.01. The number of carbonyl (C=O) groups excluding carboxylic acids is 2. The van der Waals surface area contributed by atoms with E-state index >= 15 is 0 Å². The largest absolute Gasteiger partial charge is 0.452 e. The normalized spacial score (nSPS) is 16.1. The molecule has 0 spiro atoms. The summed E-state index contributed by atoms with van der Waals surface area (Å²) in [4.78, 5) is 28.6. The molecule has 2 aromatic rings. The van der Waals surface area contributed by atoms with E-state index in [-0.39, 0.29) is 18.6 Å². The second-order valence-electron chi connectivity index (χ2n) is 6.93. The number of ether oxygens (including phenoxy) is 1. The summed E-state index contributed by atoms with van der Waals surface area (Å²) in [7, 11) is 0. The fourth-order valence-electron chi connectivity index (χ4n) is 3.53. The van der Waals surface area contributed by atoms with Crippen molar-refractivity contribution < 1.29 is 14.3 Å². The summed E-state index contributed by atoms with van der Waals surface area (Å²) < 4.78 is 5.36. The molecule has 6 heteroatoms. The molecule has 1 aliphatic heterocycles. The minimum Gasteiger partial charge on any atom is -0.452 e. The van der Waals surface area contributed by atoms with Gasteiger partial charge in [0.25, 0.3) is 5.91 Å². The molecule has 0 saturated carbocycles. The average molecular weight is 409 g/mol. The Bertz CT molecular complexity index is 922. The van der Waals surface area contributed by atoms with Crippen molar-refractivity contribution in [2.24, 2.45) is 0 Å². The Balaban J connectivity index is 1.69. The zero-order valence-corrected chi connectivity index (χ0v) is 17.3. The van der Waals surface area contributed by atoms with E-state index in [1.807, 2.05) is 29.2 Å². The van der Waals surface area contributed by atoms with Crippen LogP contribution in [0.5, 0.6) is 0 Å². The zero-order valence-electron chi connectivity index (χ0n) is 16.5. The molecule has 150 valence electrons. The van der Waals surface area contributed by atoms with Crippen LogP contribution in [0.4, 0.5) is 0 Å². The highest BCUT2D eigenvalue weighted by atomic mass is 32.2. The number of likely N-dealkylation sites (tertiary alicyclic amines) is 1. The smallest absolute Gasteiger partial charge is 0.339 e. The third-order valence-electron chi connectivity index (χ3n) is 5.08. The van der Waals surface area contributed by atoms with Crippen molar-refractivity contribution in [2.45, 2.75) is 48.4 Å². The lowest BCUT2D eigenvalue weighted by Gasteiger charge is -2.35. The zero-order chi connectivity index (χ0) is 20.6. The van der Waals surface area contributed by atoms with Gasteiger partial charge in [-0.15, -0.1) is 0 Å². The molecule has 5 nitrogen and oxygen atoms in total. The molecule has 0 aromatic heterocycles. The van der Waals surface area contributed by atoms with Crippen molar-refractivity contribution in [1.82, 2.24) is 4.90 Å². The molecule has 1 saturated heterocycles. The molecule has 3 rings (SSSR count). The Kier molecular flexibility index (Phi) is 7.31. The molecule has 1 atom stereocenters. The number of esters is 1. The minimum atomic E-state index is -0.527. The first-order valence-corrected chi connectivity index (χ1v) is 10.7. The first-order chi connectivity index (χ1) is 14.1. The molecule has 0 unspecified atom stereocenters. The predicted molar refractivity (Wildman–Crippen MR) is 112 cm³/mol. The molecular weight excluding hydrogens is 384 g/mol. The van der Waals surface area contributed by atoms with Crippen molar-refractivity contribution in [3.05, 3.63) is 59.7 Å². The van der Waals surface area contributed by atoms with E-state index in [0.29, 0.717) is 16.0 Å². The third kappa shape index (κ3) is 5.18. The van der Waals surface area contributed by atoms with Gasteiger partial charge in [-0.05, 0) is 49.9 Å².